The van der Waals surface area contributed by atoms with E-state index in [-0.39, 0.29) is 4.90 Å². The van der Waals surface area contributed by atoms with Crippen molar-refractivity contribution >= 4 is 10.0 Å². The Hall–Kier alpha value is -1.82. The first-order chi connectivity index (χ1) is 9.55. The highest BCUT2D eigenvalue weighted by Crippen LogP contribution is 2.26. The van der Waals surface area contributed by atoms with E-state index < -0.39 is 10.0 Å². The van der Waals surface area contributed by atoms with Crippen LogP contribution in [0.5, 0.6) is 5.75 Å². The topological polar surface area (TPSA) is 61.2 Å². The molecule has 0 unspecified atom stereocenters. The number of rotatable bonds is 6. The van der Waals surface area contributed by atoms with E-state index in [2.05, 4.69) is 12.0 Å². The van der Waals surface area contributed by atoms with Gasteiger partial charge in [0.25, 0.3) is 10.0 Å². The van der Waals surface area contributed by atoms with Crippen molar-refractivity contribution in [2.45, 2.75) is 31.6 Å². The molecular formula is C14H18N2O3S. The highest BCUT2D eigenvalue weighted by Gasteiger charge is 2.22. The molecule has 0 saturated carbocycles. The summed E-state index contributed by atoms with van der Waals surface area (Å²) in [6, 6.07) is 6.63. The van der Waals surface area contributed by atoms with Crippen LogP contribution >= 0.6 is 0 Å². The highest BCUT2D eigenvalue weighted by molar-refractivity contribution is 7.90. The first kappa shape index (κ1) is 14.6. The maximum absolute atomic E-state index is 12.5. The monoisotopic (exact) mass is 294 g/mol. The molecule has 6 heteroatoms. The number of nitrogens with zero attached hydrogens (tertiary/aromatic N) is 2. The molecule has 0 aliphatic heterocycles. The second kappa shape index (κ2) is 6.09. The SMILES string of the molecule is CCCCOc1cc(C)ccc1S(=O)(=O)n1cccn1. The molecular weight excluding hydrogens is 276 g/mol. The minimum atomic E-state index is -3.70. The normalized spacial score (nSPS) is 11.5. The smallest absolute Gasteiger partial charge is 0.286 e. The molecule has 20 heavy (non-hydrogen) atoms. The van der Waals surface area contributed by atoms with E-state index in [0.717, 1.165) is 22.5 Å². The zero-order valence-electron chi connectivity index (χ0n) is 11.6. The van der Waals surface area contributed by atoms with Gasteiger partial charge in [-0.05, 0) is 37.1 Å². The first-order valence-electron chi connectivity index (χ1n) is 6.54. The molecule has 0 saturated heterocycles. The lowest BCUT2D eigenvalue weighted by molar-refractivity contribution is 0.301. The third kappa shape index (κ3) is 3.01. The van der Waals surface area contributed by atoms with Crippen molar-refractivity contribution in [2.75, 3.05) is 6.61 Å². The van der Waals surface area contributed by atoms with Crippen LogP contribution in [-0.2, 0) is 10.0 Å². The van der Waals surface area contributed by atoms with Crippen molar-refractivity contribution < 1.29 is 13.2 Å². The molecule has 0 atom stereocenters. The average Bonchev–Trinajstić information content (AvgIpc) is 2.93. The van der Waals surface area contributed by atoms with E-state index in [0.29, 0.717) is 12.4 Å². The lowest BCUT2D eigenvalue weighted by Gasteiger charge is -2.12. The van der Waals surface area contributed by atoms with Gasteiger partial charge in [0.2, 0.25) is 0 Å². The molecule has 0 radical (unpaired) electrons. The molecule has 2 rings (SSSR count). The van der Waals surface area contributed by atoms with Gasteiger partial charge in [0.1, 0.15) is 10.6 Å². The van der Waals surface area contributed by atoms with Crippen LogP contribution in [0.3, 0.4) is 0 Å². The van der Waals surface area contributed by atoms with Crippen LogP contribution in [-0.4, -0.2) is 24.2 Å². The third-order valence-corrected chi connectivity index (χ3v) is 4.46. The highest BCUT2D eigenvalue weighted by atomic mass is 32.2. The maximum atomic E-state index is 12.5. The number of benzene rings is 1. The van der Waals surface area contributed by atoms with E-state index in [1.54, 1.807) is 24.3 Å². The summed E-state index contributed by atoms with van der Waals surface area (Å²) in [6.07, 6.45) is 4.72. The molecule has 108 valence electrons. The van der Waals surface area contributed by atoms with E-state index in [9.17, 15) is 8.42 Å². The predicted octanol–water partition coefficient (Wildman–Crippen LogP) is 2.61. The molecule has 0 bridgehead atoms. The Kier molecular flexibility index (Phi) is 4.44. The zero-order valence-corrected chi connectivity index (χ0v) is 12.4. The first-order valence-corrected chi connectivity index (χ1v) is 7.98. The fraction of sp³-hybridized carbons (Fsp3) is 0.357. The fourth-order valence-electron chi connectivity index (χ4n) is 1.77. The number of aromatic nitrogens is 2. The fourth-order valence-corrected chi connectivity index (χ4v) is 2.99. The molecule has 0 aliphatic rings. The second-order valence-electron chi connectivity index (χ2n) is 4.54. The Morgan fingerprint density at radius 1 is 1.35 bits per heavy atom. The Morgan fingerprint density at radius 2 is 2.15 bits per heavy atom. The van der Waals surface area contributed by atoms with E-state index in [4.69, 9.17) is 4.74 Å². The maximum Gasteiger partial charge on any atom is 0.286 e. The van der Waals surface area contributed by atoms with Crippen LogP contribution in [0, 0.1) is 6.92 Å². The summed E-state index contributed by atoms with van der Waals surface area (Å²) in [7, 11) is -3.70. The second-order valence-corrected chi connectivity index (χ2v) is 6.30. The van der Waals surface area contributed by atoms with Crippen LogP contribution < -0.4 is 4.74 Å². The molecule has 0 N–H and O–H groups in total. The summed E-state index contributed by atoms with van der Waals surface area (Å²) < 4.78 is 31.5. The van der Waals surface area contributed by atoms with Crippen molar-refractivity contribution in [3.63, 3.8) is 0 Å². The van der Waals surface area contributed by atoms with Crippen molar-refractivity contribution in [3.8, 4) is 5.75 Å². The van der Waals surface area contributed by atoms with Gasteiger partial charge < -0.3 is 4.74 Å². The molecule has 1 heterocycles. The van der Waals surface area contributed by atoms with Gasteiger partial charge >= 0.3 is 0 Å². The summed E-state index contributed by atoms with van der Waals surface area (Å²) in [6.45, 7) is 4.46. The van der Waals surface area contributed by atoms with Gasteiger partial charge in [-0.1, -0.05) is 19.4 Å². The number of hydrogen-bond donors (Lipinski definition) is 0. The lowest BCUT2D eigenvalue weighted by Crippen LogP contribution is -2.15. The largest absolute Gasteiger partial charge is 0.492 e. The quantitative estimate of drug-likeness (QED) is 0.768. The molecule has 0 spiro atoms. The van der Waals surface area contributed by atoms with Crippen LogP contribution in [0.15, 0.2) is 41.6 Å². The van der Waals surface area contributed by atoms with Crippen LogP contribution in [0.4, 0.5) is 0 Å². The Balaban J connectivity index is 2.40. The van der Waals surface area contributed by atoms with E-state index >= 15 is 0 Å². The van der Waals surface area contributed by atoms with Crippen molar-refractivity contribution in [1.29, 1.82) is 0 Å². The predicted molar refractivity (Wildman–Crippen MR) is 76.4 cm³/mol. The molecule has 0 fully saturated rings. The molecule has 0 aliphatic carbocycles. The number of aryl methyl sites for hydroxylation is 1. The zero-order chi connectivity index (χ0) is 14.6. The van der Waals surface area contributed by atoms with Crippen LogP contribution in [0.25, 0.3) is 0 Å². The summed E-state index contributed by atoms with van der Waals surface area (Å²) >= 11 is 0. The molecule has 2 aromatic rings. The molecule has 1 aromatic heterocycles. The molecule has 0 amide bonds. The summed E-state index contributed by atoms with van der Waals surface area (Å²) in [5.41, 5.74) is 0.955. The minimum absolute atomic E-state index is 0.142. The Labute approximate surface area is 119 Å². The van der Waals surface area contributed by atoms with Crippen LogP contribution in [0.1, 0.15) is 25.3 Å². The Bertz CT molecular complexity index is 664. The average molecular weight is 294 g/mol. The summed E-state index contributed by atoms with van der Waals surface area (Å²) in [5, 5.41) is 3.80. The molecule has 1 aromatic carbocycles. The van der Waals surface area contributed by atoms with Gasteiger partial charge in [-0.2, -0.15) is 17.6 Å². The van der Waals surface area contributed by atoms with Gasteiger partial charge in [-0.15, -0.1) is 0 Å². The van der Waals surface area contributed by atoms with Crippen LogP contribution in [0.2, 0.25) is 0 Å². The van der Waals surface area contributed by atoms with Crippen molar-refractivity contribution in [3.05, 3.63) is 42.2 Å². The van der Waals surface area contributed by atoms with Crippen molar-refractivity contribution in [2.24, 2.45) is 0 Å². The number of ether oxygens (including phenoxy) is 1. The number of unbranched alkanes of at least 4 members (excludes halogenated alkanes) is 1. The van der Waals surface area contributed by atoms with E-state index in [1.165, 1.54) is 12.4 Å². The minimum Gasteiger partial charge on any atom is -0.492 e. The van der Waals surface area contributed by atoms with Gasteiger partial charge in [0.15, 0.2) is 0 Å². The van der Waals surface area contributed by atoms with Gasteiger partial charge in [-0.25, -0.2) is 0 Å². The third-order valence-electron chi connectivity index (χ3n) is 2.86. The Morgan fingerprint density at radius 3 is 2.80 bits per heavy atom. The van der Waals surface area contributed by atoms with Gasteiger partial charge in [-0.3, -0.25) is 0 Å². The number of hydrogen-bond acceptors (Lipinski definition) is 4. The van der Waals surface area contributed by atoms with Crippen molar-refractivity contribution in [1.82, 2.24) is 9.19 Å². The van der Waals surface area contributed by atoms with E-state index in [1.807, 2.05) is 6.92 Å². The van der Waals surface area contributed by atoms with Gasteiger partial charge in [0, 0.05) is 6.20 Å². The summed E-state index contributed by atoms with van der Waals surface area (Å²) in [5.74, 6) is 0.383. The van der Waals surface area contributed by atoms with Gasteiger partial charge in [0.05, 0.1) is 12.8 Å². The lowest BCUT2D eigenvalue weighted by atomic mass is 10.2. The molecule has 5 nitrogen and oxygen atoms in total. The summed E-state index contributed by atoms with van der Waals surface area (Å²) in [4.78, 5) is 0.142. The standard InChI is InChI=1S/C14H18N2O3S/c1-3-4-10-19-13-11-12(2)6-7-14(13)20(17,18)16-9-5-8-15-16/h5-9,11H,3-4,10H2,1-2H3.